The van der Waals surface area contributed by atoms with Crippen molar-refractivity contribution in [2.45, 2.75) is 0 Å². The largest absolute Gasteiger partial charge is 0.361 e. The first-order valence-electron chi connectivity index (χ1n) is 4.31. The van der Waals surface area contributed by atoms with Crippen LogP contribution < -0.4 is 16.6 Å². The second kappa shape index (κ2) is 5.18. The van der Waals surface area contributed by atoms with Crippen LogP contribution in [-0.2, 0) is 9.59 Å². The van der Waals surface area contributed by atoms with E-state index in [1.807, 2.05) is 0 Å². The summed E-state index contributed by atoms with van der Waals surface area (Å²) >= 11 is 5.70. The minimum absolute atomic E-state index is 0.422. The van der Waals surface area contributed by atoms with Gasteiger partial charge in [-0.25, -0.2) is 0 Å². The lowest BCUT2D eigenvalue weighted by molar-refractivity contribution is -0.137. The van der Waals surface area contributed by atoms with E-state index in [1.165, 1.54) is 0 Å². The third kappa shape index (κ3) is 3.29. The van der Waals surface area contributed by atoms with Crippen LogP contribution >= 0.6 is 11.6 Å². The van der Waals surface area contributed by atoms with Gasteiger partial charge in [-0.3, -0.25) is 20.4 Å². The van der Waals surface area contributed by atoms with E-state index in [0.29, 0.717) is 10.7 Å². The van der Waals surface area contributed by atoms with Crippen molar-refractivity contribution in [3.8, 4) is 0 Å². The Morgan fingerprint density at radius 3 is 2.25 bits per heavy atom. The predicted octanol–water partition coefficient (Wildman–Crippen LogP) is 0.417. The van der Waals surface area contributed by atoms with Crippen molar-refractivity contribution in [2.24, 2.45) is 5.73 Å². The van der Waals surface area contributed by atoms with Crippen LogP contribution in [0.3, 0.4) is 0 Å². The number of carbonyl (C=O) groups is 2. The monoisotopic (exact) mass is 239 g/mol. The van der Waals surface area contributed by atoms with Crippen molar-refractivity contribution in [2.75, 3.05) is 0 Å². The molecule has 4 N–H and O–H groups in total. The lowest BCUT2D eigenvalue weighted by atomic mass is 10.2. The number of benzene rings is 1. The van der Waals surface area contributed by atoms with Gasteiger partial charge in [0, 0.05) is 5.02 Å². The summed E-state index contributed by atoms with van der Waals surface area (Å²) in [6.07, 6.45) is 0. The first kappa shape index (κ1) is 12.1. The number of hydrazine groups is 1. The highest BCUT2D eigenvalue weighted by Crippen LogP contribution is 2.13. The normalized spacial score (nSPS) is 9.31. The molecule has 6 heteroatoms. The van der Waals surface area contributed by atoms with E-state index in [2.05, 4.69) is 17.4 Å². The van der Waals surface area contributed by atoms with Crippen molar-refractivity contribution in [3.63, 3.8) is 0 Å². The van der Waals surface area contributed by atoms with E-state index in [9.17, 15) is 9.59 Å². The van der Waals surface area contributed by atoms with E-state index in [0.717, 1.165) is 5.56 Å². The highest BCUT2D eigenvalue weighted by molar-refractivity contribution is 6.34. The quantitative estimate of drug-likeness (QED) is 0.528. The molecule has 0 aromatic heterocycles. The van der Waals surface area contributed by atoms with E-state index >= 15 is 0 Å². The van der Waals surface area contributed by atoms with Crippen LogP contribution in [0.5, 0.6) is 0 Å². The summed E-state index contributed by atoms with van der Waals surface area (Å²) in [7, 11) is 0. The number of amides is 2. The molecule has 0 radical (unpaired) electrons. The average molecular weight is 240 g/mol. The molecule has 0 unspecified atom stereocenters. The smallest absolute Gasteiger partial charge is 0.327 e. The van der Waals surface area contributed by atoms with Crippen LogP contribution in [-0.4, -0.2) is 11.8 Å². The van der Waals surface area contributed by atoms with Gasteiger partial charge in [-0.1, -0.05) is 30.3 Å². The Hall–Kier alpha value is -2.01. The first-order valence-corrected chi connectivity index (χ1v) is 4.69. The van der Waals surface area contributed by atoms with Crippen molar-refractivity contribution in [3.05, 3.63) is 41.4 Å². The summed E-state index contributed by atoms with van der Waals surface area (Å²) < 4.78 is 0. The highest BCUT2D eigenvalue weighted by Gasteiger charge is 2.07. The molecule has 0 aliphatic rings. The fraction of sp³-hybridized carbons (Fsp3) is 0. The number of nitrogens with one attached hydrogen (secondary N) is 2. The molecule has 16 heavy (non-hydrogen) atoms. The van der Waals surface area contributed by atoms with Crippen LogP contribution in [0.2, 0.25) is 5.02 Å². The predicted molar refractivity (Wildman–Crippen MR) is 61.0 cm³/mol. The molecule has 1 aromatic carbocycles. The highest BCUT2D eigenvalue weighted by atomic mass is 35.5. The molecular formula is C10H10ClN3O2. The Morgan fingerprint density at radius 2 is 1.75 bits per heavy atom. The zero-order valence-corrected chi connectivity index (χ0v) is 9.04. The van der Waals surface area contributed by atoms with Gasteiger partial charge in [0.1, 0.15) is 0 Å². The molecule has 84 valence electrons. The molecule has 1 aromatic rings. The van der Waals surface area contributed by atoms with Gasteiger partial charge < -0.3 is 5.73 Å². The van der Waals surface area contributed by atoms with Gasteiger partial charge >= 0.3 is 11.8 Å². The number of halogens is 1. The number of nitrogens with two attached hydrogens (primary N) is 1. The molecule has 0 saturated heterocycles. The van der Waals surface area contributed by atoms with E-state index in [4.69, 9.17) is 17.3 Å². The minimum atomic E-state index is -1.07. The van der Waals surface area contributed by atoms with Crippen LogP contribution in [0.1, 0.15) is 5.56 Å². The van der Waals surface area contributed by atoms with Crippen LogP contribution in [0.25, 0.3) is 5.70 Å². The van der Waals surface area contributed by atoms with Gasteiger partial charge in [0.25, 0.3) is 0 Å². The Bertz CT molecular complexity index is 428. The number of primary amides is 1. The number of hydrogen-bond acceptors (Lipinski definition) is 3. The molecule has 0 fully saturated rings. The topological polar surface area (TPSA) is 84.2 Å². The van der Waals surface area contributed by atoms with Gasteiger partial charge in [-0.15, -0.1) is 0 Å². The molecule has 0 bridgehead atoms. The van der Waals surface area contributed by atoms with Crippen molar-refractivity contribution in [1.29, 1.82) is 0 Å². The minimum Gasteiger partial charge on any atom is -0.361 e. The first-order chi connectivity index (χ1) is 7.50. The van der Waals surface area contributed by atoms with Gasteiger partial charge in [0.2, 0.25) is 0 Å². The molecule has 0 aliphatic heterocycles. The summed E-state index contributed by atoms with van der Waals surface area (Å²) in [5, 5.41) is 0.595. The molecule has 0 atom stereocenters. The Labute approximate surface area is 97.2 Å². The average Bonchev–Trinajstić information content (AvgIpc) is 2.26. The molecule has 5 nitrogen and oxygen atoms in total. The standard InChI is InChI=1S/C10H10ClN3O2/c1-6(13-14-10(16)9(12)15)7-2-4-8(11)5-3-7/h2-5,13H,1H2,(H2,12,15)(H,14,16). The summed E-state index contributed by atoms with van der Waals surface area (Å²) in [6.45, 7) is 3.66. The second-order valence-corrected chi connectivity index (χ2v) is 3.37. The third-order valence-corrected chi connectivity index (χ3v) is 2.00. The zero-order valence-electron chi connectivity index (χ0n) is 8.29. The Kier molecular flexibility index (Phi) is 3.90. The number of carbonyl (C=O) groups excluding carboxylic acids is 2. The van der Waals surface area contributed by atoms with Crippen molar-refractivity contribution < 1.29 is 9.59 Å². The SMILES string of the molecule is C=C(NNC(=O)C(N)=O)c1ccc(Cl)cc1. The van der Waals surface area contributed by atoms with Crippen LogP contribution in [0, 0.1) is 0 Å². The van der Waals surface area contributed by atoms with E-state index < -0.39 is 11.8 Å². The zero-order chi connectivity index (χ0) is 12.1. The van der Waals surface area contributed by atoms with Crippen molar-refractivity contribution in [1.82, 2.24) is 10.9 Å². The second-order valence-electron chi connectivity index (χ2n) is 2.93. The van der Waals surface area contributed by atoms with Gasteiger partial charge in [0.05, 0.1) is 5.70 Å². The van der Waals surface area contributed by atoms with Crippen molar-refractivity contribution >= 4 is 29.1 Å². The van der Waals surface area contributed by atoms with Gasteiger partial charge in [-0.05, 0) is 17.7 Å². The fourth-order valence-corrected chi connectivity index (χ4v) is 1.04. The van der Waals surface area contributed by atoms with Crippen LogP contribution in [0.4, 0.5) is 0 Å². The molecule has 0 aliphatic carbocycles. The molecule has 0 spiro atoms. The number of hydrogen-bond donors (Lipinski definition) is 3. The Morgan fingerprint density at radius 1 is 1.19 bits per heavy atom. The van der Waals surface area contributed by atoms with Gasteiger partial charge in [0.15, 0.2) is 0 Å². The number of rotatable bonds is 3. The summed E-state index contributed by atoms with van der Waals surface area (Å²) in [5.41, 5.74) is 10.5. The lowest BCUT2D eigenvalue weighted by Crippen LogP contribution is -2.43. The maximum atomic E-state index is 10.8. The molecule has 0 saturated carbocycles. The summed E-state index contributed by atoms with van der Waals surface area (Å²) in [5.74, 6) is -2.01. The summed E-state index contributed by atoms with van der Waals surface area (Å²) in [6, 6.07) is 6.79. The maximum absolute atomic E-state index is 10.8. The molecule has 1 rings (SSSR count). The van der Waals surface area contributed by atoms with E-state index in [1.54, 1.807) is 24.3 Å². The molecule has 2 amide bonds. The Balaban J connectivity index is 2.56. The fourth-order valence-electron chi connectivity index (χ4n) is 0.917. The van der Waals surface area contributed by atoms with Gasteiger partial charge in [-0.2, -0.15) is 0 Å². The lowest BCUT2D eigenvalue weighted by Gasteiger charge is -2.09. The summed E-state index contributed by atoms with van der Waals surface area (Å²) in [4.78, 5) is 21.2. The maximum Gasteiger partial charge on any atom is 0.327 e. The van der Waals surface area contributed by atoms with Crippen LogP contribution in [0.15, 0.2) is 30.8 Å². The molecular weight excluding hydrogens is 230 g/mol. The third-order valence-electron chi connectivity index (χ3n) is 1.74. The van der Waals surface area contributed by atoms with E-state index in [-0.39, 0.29) is 0 Å². The molecule has 0 heterocycles.